The third kappa shape index (κ3) is 4.04. The molecule has 0 bridgehead atoms. The van der Waals surface area contributed by atoms with Crippen LogP contribution >= 0.6 is 43.2 Å². The predicted molar refractivity (Wildman–Crippen MR) is 89.7 cm³/mol. The fraction of sp³-hybridized carbons (Fsp3) is 0.167. The maximum absolute atomic E-state index is 13.2. The molecule has 0 atom stereocenters. The number of sulfonamides is 1. The van der Waals surface area contributed by atoms with E-state index in [1.807, 2.05) is 0 Å². The summed E-state index contributed by atoms with van der Waals surface area (Å²) in [6.45, 7) is 0.584. The quantitative estimate of drug-likeness (QED) is 0.714. The van der Waals surface area contributed by atoms with Crippen molar-refractivity contribution in [3.8, 4) is 0 Å². The molecule has 0 unspecified atom stereocenters. The highest BCUT2D eigenvalue weighted by molar-refractivity contribution is 9.11. The van der Waals surface area contributed by atoms with Gasteiger partial charge in [-0.3, -0.25) is 4.72 Å². The number of benzene rings is 1. The van der Waals surface area contributed by atoms with Crippen LogP contribution in [0.25, 0.3) is 0 Å². The monoisotopic (exact) mass is 456 g/mol. The van der Waals surface area contributed by atoms with Crippen LogP contribution in [0.5, 0.6) is 0 Å². The van der Waals surface area contributed by atoms with Crippen LogP contribution in [-0.2, 0) is 16.6 Å². The Hall–Kier alpha value is -0.480. The SMILES string of the molecule is CNCc1cc(S(=O)(=O)Nc2ccc(F)c(Br)c2)c(Br)s1. The van der Waals surface area contributed by atoms with Gasteiger partial charge in [-0.15, -0.1) is 11.3 Å². The molecule has 0 saturated carbocycles. The van der Waals surface area contributed by atoms with Crippen molar-refractivity contribution < 1.29 is 12.8 Å². The second-order valence-corrected chi connectivity index (χ2v) is 9.08. The molecular formula is C12H11Br2FN2O2S2. The second-order valence-electron chi connectivity index (χ2n) is 4.12. The average molecular weight is 458 g/mol. The molecule has 0 fully saturated rings. The van der Waals surface area contributed by atoms with E-state index in [0.29, 0.717) is 10.3 Å². The Balaban J connectivity index is 2.31. The normalized spacial score (nSPS) is 11.6. The van der Waals surface area contributed by atoms with Gasteiger partial charge in [-0.1, -0.05) is 0 Å². The summed E-state index contributed by atoms with van der Waals surface area (Å²) in [4.78, 5) is 1.06. The number of halogens is 3. The zero-order valence-corrected chi connectivity index (χ0v) is 15.6. The van der Waals surface area contributed by atoms with Gasteiger partial charge in [0.25, 0.3) is 10.0 Å². The Bertz CT molecular complexity index is 763. The number of rotatable bonds is 5. The first kappa shape index (κ1) is 16.9. The van der Waals surface area contributed by atoms with Gasteiger partial charge in [0.15, 0.2) is 0 Å². The number of thiophene rings is 1. The van der Waals surface area contributed by atoms with Gasteiger partial charge < -0.3 is 5.32 Å². The molecule has 0 aliphatic heterocycles. The molecule has 0 aliphatic carbocycles. The van der Waals surface area contributed by atoms with E-state index in [4.69, 9.17) is 0 Å². The van der Waals surface area contributed by atoms with Crippen molar-refractivity contribution in [3.63, 3.8) is 0 Å². The first-order valence-electron chi connectivity index (χ1n) is 5.74. The van der Waals surface area contributed by atoms with Gasteiger partial charge >= 0.3 is 0 Å². The molecule has 1 aromatic heterocycles. The van der Waals surface area contributed by atoms with E-state index < -0.39 is 15.8 Å². The molecule has 1 heterocycles. The molecule has 9 heteroatoms. The van der Waals surface area contributed by atoms with Gasteiger partial charge in [0.05, 0.1) is 13.9 Å². The molecule has 2 aromatic rings. The Morgan fingerprint density at radius 2 is 2.00 bits per heavy atom. The molecule has 0 saturated heterocycles. The lowest BCUT2D eigenvalue weighted by Crippen LogP contribution is -2.12. The minimum atomic E-state index is -3.73. The summed E-state index contributed by atoms with van der Waals surface area (Å²) in [5.41, 5.74) is 0.288. The Labute approximate surface area is 143 Å². The Kier molecular flexibility index (Phi) is 5.42. The standard InChI is InChI=1S/C12H11Br2FN2O2S2/c1-16-6-8-5-11(12(14)20-8)21(18,19)17-7-2-3-10(15)9(13)4-7/h2-5,16-17H,6H2,1H3. The second kappa shape index (κ2) is 6.74. The van der Waals surface area contributed by atoms with Crippen LogP contribution in [0.2, 0.25) is 0 Å². The van der Waals surface area contributed by atoms with Gasteiger partial charge in [-0.2, -0.15) is 0 Å². The maximum atomic E-state index is 13.2. The largest absolute Gasteiger partial charge is 0.315 e. The highest BCUT2D eigenvalue weighted by Gasteiger charge is 2.21. The molecular weight excluding hydrogens is 447 g/mol. The minimum Gasteiger partial charge on any atom is -0.315 e. The van der Waals surface area contributed by atoms with Crippen LogP contribution in [0.15, 0.2) is 37.4 Å². The lowest BCUT2D eigenvalue weighted by atomic mass is 10.3. The molecule has 4 nitrogen and oxygen atoms in total. The van der Waals surface area contributed by atoms with Crippen molar-refractivity contribution in [2.75, 3.05) is 11.8 Å². The minimum absolute atomic E-state index is 0.165. The first-order valence-corrected chi connectivity index (χ1v) is 9.62. The lowest BCUT2D eigenvalue weighted by molar-refractivity contribution is 0.600. The van der Waals surface area contributed by atoms with Crippen molar-refractivity contribution >= 4 is 58.9 Å². The highest BCUT2D eigenvalue weighted by atomic mass is 79.9. The van der Waals surface area contributed by atoms with Crippen LogP contribution in [0.4, 0.5) is 10.1 Å². The number of hydrogen-bond acceptors (Lipinski definition) is 4. The van der Waals surface area contributed by atoms with Crippen LogP contribution in [0.1, 0.15) is 4.88 Å². The molecule has 0 radical (unpaired) electrons. The topological polar surface area (TPSA) is 58.2 Å². The molecule has 0 amide bonds. The van der Waals surface area contributed by atoms with Gasteiger partial charge in [0.1, 0.15) is 10.7 Å². The van der Waals surface area contributed by atoms with Crippen LogP contribution in [-0.4, -0.2) is 15.5 Å². The van der Waals surface area contributed by atoms with Crippen molar-refractivity contribution in [2.45, 2.75) is 11.4 Å². The number of hydrogen-bond donors (Lipinski definition) is 2. The Morgan fingerprint density at radius 3 is 2.62 bits per heavy atom. The van der Waals surface area contributed by atoms with Gasteiger partial charge in [-0.25, -0.2) is 12.8 Å². The summed E-state index contributed by atoms with van der Waals surface area (Å²) in [6, 6.07) is 5.54. The van der Waals surface area contributed by atoms with E-state index in [-0.39, 0.29) is 15.1 Å². The Morgan fingerprint density at radius 1 is 1.29 bits per heavy atom. The molecule has 2 N–H and O–H groups in total. The van der Waals surface area contributed by atoms with Crippen LogP contribution in [0, 0.1) is 5.82 Å². The lowest BCUT2D eigenvalue weighted by Gasteiger charge is -2.07. The fourth-order valence-corrected chi connectivity index (χ4v) is 5.74. The predicted octanol–water partition coefficient (Wildman–Crippen LogP) is 3.93. The molecule has 21 heavy (non-hydrogen) atoms. The van der Waals surface area contributed by atoms with Crippen molar-refractivity contribution in [2.24, 2.45) is 0 Å². The molecule has 114 valence electrons. The van der Waals surface area contributed by atoms with Crippen LogP contribution < -0.4 is 10.0 Å². The van der Waals surface area contributed by atoms with E-state index in [1.54, 1.807) is 13.1 Å². The number of nitrogens with one attached hydrogen (secondary N) is 2. The van der Waals surface area contributed by atoms with E-state index in [1.165, 1.54) is 29.5 Å². The average Bonchev–Trinajstić information content (AvgIpc) is 2.76. The maximum Gasteiger partial charge on any atom is 0.263 e. The van der Waals surface area contributed by atoms with E-state index >= 15 is 0 Å². The molecule has 0 aliphatic rings. The van der Waals surface area contributed by atoms with Gasteiger partial charge in [-0.05, 0) is 63.2 Å². The summed E-state index contributed by atoms with van der Waals surface area (Å²) in [5.74, 6) is -0.453. The summed E-state index contributed by atoms with van der Waals surface area (Å²) >= 11 is 7.64. The third-order valence-corrected chi connectivity index (χ3v) is 6.76. The van der Waals surface area contributed by atoms with Crippen LogP contribution in [0.3, 0.4) is 0 Å². The fourth-order valence-electron chi connectivity index (χ4n) is 1.61. The smallest absolute Gasteiger partial charge is 0.263 e. The molecule has 0 spiro atoms. The summed E-state index contributed by atoms with van der Waals surface area (Å²) in [7, 11) is -1.94. The molecule has 2 rings (SSSR count). The van der Waals surface area contributed by atoms with Crippen molar-refractivity contribution in [1.82, 2.24) is 5.32 Å². The molecule has 1 aromatic carbocycles. The van der Waals surface area contributed by atoms with Crippen molar-refractivity contribution in [1.29, 1.82) is 0 Å². The zero-order chi connectivity index (χ0) is 15.6. The zero-order valence-electron chi connectivity index (χ0n) is 10.8. The van der Waals surface area contributed by atoms with Crippen molar-refractivity contribution in [3.05, 3.63) is 43.2 Å². The van der Waals surface area contributed by atoms with E-state index in [0.717, 1.165) is 4.88 Å². The van der Waals surface area contributed by atoms with E-state index in [2.05, 4.69) is 41.9 Å². The summed E-state index contributed by atoms with van der Waals surface area (Å²) < 4.78 is 41.1. The summed E-state index contributed by atoms with van der Waals surface area (Å²) in [5, 5.41) is 2.97. The number of anilines is 1. The van der Waals surface area contributed by atoms with Gasteiger partial charge in [0, 0.05) is 11.4 Å². The van der Waals surface area contributed by atoms with Gasteiger partial charge in [0.2, 0.25) is 0 Å². The third-order valence-electron chi connectivity index (χ3n) is 2.52. The van der Waals surface area contributed by atoms with E-state index in [9.17, 15) is 12.8 Å². The summed E-state index contributed by atoms with van der Waals surface area (Å²) in [6.07, 6.45) is 0. The first-order chi connectivity index (χ1) is 9.83. The highest BCUT2D eigenvalue weighted by Crippen LogP contribution is 2.33.